The second-order valence-electron chi connectivity index (χ2n) is 7.10. The van der Waals surface area contributed by atoms with Crippen molar-refractivity contribution in [2.24, 2.45) is 5.92 Å². The number of piperidine rings is 2. The van der Waals surface area contributed by atoms with Crippen molar-refractivity contribution >= 4 is 0 Å². The normalized spacial score (nSPS) is 24.4. The van der Waals surface area contributed by atoms with Crippen molar-refractivity contribution in [3.8, 4) is 5.75 Å². The minimum Gasteiger partial charge on any atom is -0.490 e. The Morgan fingerprint density at radius 1 is 1.18 bits per heavy atom. The predicted molar refractivity (Wildman–Crippen MR) is 91.6 cm³/mol. The van der Waals surface area contributed by atoms with E-state index in [-0.39, 0.29) is 0 Å². The summed E-state index contributed by atoms with van der Waals surface area (Å²) in [6.45, 7) is 10.3. The highest BCUT2D eigenvalue weighted by Crippen LogP contribution is 2.24. The summed E-state index contributed by atoms with van der Waals surface area (Å²) in [4.78, 5) is 2.64. The number of ether oxygens (including phenoxy) is 1. The van der Waals surface area contributed by atoms with Gasteiger partial charge in [0.05, 0.1) is 0 Å². The average Bonchev–Trinajstić information content (AvgIpc) is 2.54. The Bertz CT molecular complexity index is 474. The molecule has 0 bridgehead atoms. The van der Waals surface area contributed by atoms with Gasteiger partial charge >= 0.3 is 0 Å². The molecule has 1 aromatic rings. The van der Waals surface area contributed by atoms with Crippen LogP contribution in [0.3, 0.4) is 0 Å². The van der Waals surface area contributed by atoms with E-state index in [1.165, 1.54) is 56.7 Å². The molecule has 2 aliphatic heterocycles. The van der Waals surface area contributed by atoms with Gasteiger partial charge < -0.3 is 15.0 Å². The summed E-state index contributed by atoms with van der Waals surface area (Å²) in [5.41, 5.74) is 2.53. The SMILES string of the molecule is Cc1ccc(C)c(OC2CCN(CC3CCCNC3)CC2)c1. The van der Waals surface area contributed by atoms with Crippen LogP contribution in [0, 0.1) is 19.8 Å². The first-order valence-electron chi connectivity index (χ1n) is 8.87. The van der Waals surface area contributed by atoms with E-state index in [4.69, 9.17) is 4.74 Å². The maximum Gasteiger partial charge on any atom is 0.122 e. The van der Waals surface area contributed by atoms with Crippen molar-refractivity contribution in [1.29, 1.82) is 0 Å². The highest BCUT2D eigenvalue weighted by Gasteiger charge is 2.23. The third-order valence-electron chi connectivity index (χ3n) is 5.09. The molecule has 0 amide bonds. The van der Waals surface area contributed by atoms with Crippen molar-refractivity contribution in [2.75, 3.05) is 32.7 Å². The van der Waals surface area contributed by atoms with E-state index in [9.17, 15) is 0 Å². The van der Waals surface area contributed by atoms with Gasteiger partial charge in [-0.25, -0.2) is 0 Å². The third-order valence-corrected chi connectivity index (χ3v) is 5.09. The molecule has 1 N–H and O–H groups in total. The summed E-state index contributed by atoms with van der Waals surface area (Å²) < 4.78 is 6.27. The topological polar surface area (TPSA) is 24.5 Å². The number of aryl methyl sites for hydroxylation is 2. The fraction of sp³-hybridized carbons (Fsp3) is 0.684. The fourth-order valence-corrected chi connectivity index (χ4v) is 3.67. The number of nitrogens with one attached hydrogen (secondary N) is 1. The minimum absolute atomic E-state index is 0.390. The van der Waals surface area contributed by atoms with Crippen molar-refractivity contribution in [3.63, 3.8) is 0 Å². The van der Waals surface area contributed by atoms with Crippen LogP contribution < -0.4 is 10.1 Å². The molecule has 0 radical (unpaired) electrons. The number of likely N-dealkylation sites (tertiary alicyclic amines) is 1. The summed E-state index contributed by atoms with van der Waals surface area (Å²) in [6, 6.07) is 6.49. The number of rotatable bonds is 4. The van der Waals surface area contributed by atoms with E-state index in [2.05, 4.69) is 42.3 Å². The van der Waals surface area contributed by atoms with Crippen LogP contribution in [0.25, 0.3) is 0 Å². The Balaban J connectivity index is 1.46. The summed E-state index contributed by atoms with van der Waals surface area (Å²) in [5, 5.41) is 3.53. The van der Waals surface area contributed by atoms with Gasteiger partial charge in [0.1, 0.15) is 11.9 Å². The van der Waals surface area contributed by atoms with Crippen LogP contribution >= 0.6 is 0 Å². The summed E-state index contributed by atoms with van der Waals surface area (Å²) in [5.74, 6) is 1.93. The van der Waals surface area contributed by atoms with Gasteiger partial charge in [0.15, 0.2) is 0 Å². The van der Waals surface area contributed by atoms with E-state index in [1.807, 2.05) is 0 Å². The van der Waals surface area contributed by atoms with Gasteiger partial charge in [0.25, 0.3) is 0 Å². The number of benzene rings is 1. The van der Waals surface area contributed by atoms with Gasteiger partial charge in [-0.15, -0.1) is 0 Å². The first-order valence-corrected chi connectivity index (χ1v) is 8.87. The van der Waals surface area contributed by atoms with Gasteiger partial charge in [0, 0.05) is 19.6 Å². The molecular formula is C19H30N2O. The van der Waals surface area contributed by atoms with Crippen molar-refractivity contribution in [2.45, 2.75) is 45.6 Å². The maximum atomic E-state index is 6.27. The Kier molecular flexibility index (Phi) is 5.37. The van der Waals surface area contributed by atoms with Gasteiger partial charge in [0.2, 0.25) is 0 Å². The zero-order valence-corrected chi connectivity index (χ0v) is 14.1. The maximum absolute atomic E-state index is 6.27. The zero-order chi connectivity index (χ0) is 15.4. The molecule has 2 saturated heterocycles. The van der Waals surface area contributed by atoms with E-state index in [0.29, 0.717) is 6.10 Å². The van der Waals surface area contributed by atoms with Crippen LogP contribution in [0.4, 0.5) is 0 Å². The first-order chi connectivity index (χ1) is 10.7. The third kappa shape index (κ3) is 4.23. The molecule has 0 aliphatic carbocycles. The molecule has 3 heteroatoms. The standard InChI is InChI=1S/C19H30N2O/c1-15-5-6-16(2)19(12-15)22-18-7-10-21(11-8-18)14-17-4-3-9-20-13-17/h5-6,12,17-18,20H,3-4,7-11,13-14H2,1-2H3. The minimum atomic E-state index is 0.390. The van der Waals surface area contributed by atoms with Crippen LogP contribution in [-0.4, -0.2) is 43.7 Å². The van der Waals surface area contributed by atoms with Crippen LogP contribution in [0.15, 0.2) is 18.2 Å². The molecule has 1 unspecified atom stereocenters. The van der Waals surface area contributed by atoms with Crippen LogP contribution in [0.5, 0.6) is 5.75 Å². The lowest BCUT2D eigenvalue weighted by Crippen LogP contribution is -2.43. The van der Waals surface area contributed by atoms with Crippen molar-refractivity contribution < 1.29 is 4.74 Å². The average molecular weight is 302 g/mol. The molecule has 122 valence electrons. The van der Waals surface area contributed by atoms with E-state index < -0.39 is 0 Å². The number of hydrogen-bond donors (Lipinski definition) is 1. The lowest BCUT2D eigenvalue weighted by atomic mass is 9.97. The Hall–Kier alpha value is -1.06. The molecule has 2 heterocycles. The van der Waals surface area contributed by atoms with Crippen LogP contribution in [0.2, 0.25) is 0 Å². The summed E-state index contributed by atoms with van der Waals surface area (Å²) >= 11 is 0. The molecule has 22 heavy (non-hydrogen) atoms. The monoisotopic (exact) mass is 302 g/mol. The van der Waals surface area contributed by atoms with Crippen LogP contribution in [-0.2, 0) is 0 Å². The van der Waals surface area contributed by atoms with Gasteiger partial charge in [-0.2, -0.15) is 0 Å². The molecule has 0 aromatic heterocycles. The second kappa shape index (κ2) is 7.47. The molecule has 3 nitrogen and oxygen atoms in total. The molecule has 2 fully saturated rings. The predicted octanol–water partition coefficient (Wildman–Crippen LogP) is 3.15. The molecular weight excluding hydrogens is 272 g/mol. The lowest BCUT2D eigenvalue weighted by Gasteiger charge is -2.35. The smallest absolute Gasteiger partial charge is 0.122 e. The van der Waals surface area contributed by atoms with E-state index >= 15 is 0 Å². The van der Waals surface area contributed by atoms with E-state index in [1.54, 1.807) is 0 Å². The molecule has 1 aromatic carbocycles. The van der Waals surface area contributed by atoms with Crippen molar-refractivity contribution in [3.05, 3.63) is 29.3 Å². The number of nitrogens with zero attached hydrogens (tertiary/aromatic N) is 1. The first kappa shape index (κ1) is 15.8. The highest BCUT2D eigenvalue weighted by atomic mass is 16.5. The summed E-state index contributed by atoms with van der Waals surface area (Å²) in [6.07, 6.45) is 5.45. The van der Waals surface area contributed by atoms with E-state index in [0.717, 1.165) is 24.5 Å². The Morgan fingerprint density at radius 3 is 2.73 bits per heavy atom. The van der Waals surface area contributed by atoms with Gasteiger partial charge in [-0.05, 0) is 75.7 Å². The molecule has 3 rings (SSSR count). The quantitative estimate of drug-likeness (QED) is 0.925. The van der Waals surface area contributed by atoms with Crippen molar-refractivity contribution in [1.82, 2.24) is 10.2 Å². The molecule has 0 spiro atoms. The number of hydrogen-bond acceptors (Lipinski definition) is 3. The largest absolute Gasteiger partial charge is 0.490 e. The second-order valence-corrected chi connectivity index (χ2v) is 7.10. The van der Waals surface area contributed by atoms with Gasteiger partial charge in [-0.1, -0.05) is 12.1 Å². The van der Waals surface area contributed by atoms with Crippen LogP contribution in [0.1, 0.15) is 36.8 Å². The zero-order valence-electron chi connectivity index (χ0n) is 14.1. The summed E-state index contributed by atoms with van der Waals surface area (Å²) in [7, 11) is 0. The fourth-order valence-electron chi connectivity index (χ4n) is 3.67. The molecule has 2 aliphatic rings. The highest BCUT2D eigenvalue weighted by molar-refractivity contribution is 5.36. The lowest BCUT2D eigenvalue weighted by molar-refractivity contribution is 0.0875. The molecule has 0 saturated carbocycles. The Morgan fingerprint density at radius 2 is 2.00 bits per heavy atom. The molecule has 1 atom stereocenters. The van der Waals surface area contributed by atoms with Gasteiger partial charge in [-0.3, -0.25) is 0 Å². The Labute approximate surface area is 135 Å².